The van der Waals surface area contributed by atoms with Gasteiger partial charge in [-0.2, -0.15) is 0 Å². The Labute approximate surface area is 173 Å². The number of rotatable bonds is 1. The number of carbonyl (C=O) groups is 3. The van der Waals surface area contributed by atoms with Gasteiger partial charge in [0, 0.05) is 17.8 Å². The summed E-state index contributed by atoms with van der Waals surface area (Å²) in [5.41, 5.74) is -0.0969. The Hall–Kier alpha value is -1.49. The Morgan fingerprint density at radius 2 is 1.76 bits per heavy atom. The van der Waals surface area contributed by atoms with E-state index in [2.05, 4.69) is 6.92 Å². The first-order valence-corrected chi connectivity index (χ1v) is 11.1. The molecule has 3 unspecified atom stereocenters. The van der Waals surface area contributed by atoms with Gasteiger partial charge < -0.3 is 9.84 Å². The van der Waals surface area contributed by atoms with E-state index in [0.717, 1.165) is 31.3 Å². The summed E-state index contributed by atoms with van der Waals surface area (Å²) >= 11 is 0. The number of fused-ring (bicyclic) bond motifs is 5. The molecule has 3 saturated carbocycles. The zero-order chi connectivity index (χ0) is 21.4. The van der Waals surface area contributed by atoms with E-state index in [1.807, 2.05) is 27.7 Å². The summed E-state index contributed by atoms with van der Waals surface area (Å²) in [6.45, 7) is 9.76. The first kappa shape index (κ1) is 20.8. The minimum atomic E-state index is -0.928. The van der Waals surface area contributed by atoms with Crippen molar-refractivity contribution in [2.75, 3.05) is 0 Å². The van der Waals surface area contributed by atoms with Gasteiger partial charge >= 0.3 is 5.97 Å². The zero-order valence-electron chi connectivity index (χ0n) is 18.3. The third-order valence-electron chi connectivity index (χ3n) is 8.52. The maximum atomic E-state index is 13.2. The predicted molar refractivity (Wildman–Crippen MR) is 108 cm³/mol. The summed E-state index contributed by atoms with van der Waals surface area (Å²) in [4.78, 5) is 38.2. The Morgan fingerprint density at radius 1 is 1.10 bits per heavy atom. The SMILES string of the molecule is CC(C)(C)C(=O)O[C@H]1CC[C@@]2(C)C(=CC(=O)C3C2CC[C@]2(C)C(=O)[C@H](O)CC32)C1. The van der Waals surface area contributed by atoms with Crippen molar-refractivity contribution >= 4 is 17.5 Å². The number of ether oxygens (including phenoxy) is 1. The van der Waals surface area contributed by atoms with Crippen LogP contribution in [0.15, 0.2) is 11.6 Å². The minimum Gasteiger partial charge on any atom is -0.462 e. The van der Waals surface area contributed by atoms with Crippen LogP contribution in [-0.2, 0) is 19.1 Å². The summed E-state index contributed by atoms with van der Waals surface area (Å²) in [6, 6.07) is 0. The number of Topliss-reactive ketones (excluding diaryl/α,β-unsaturated/α-hetero) is 1. The highest BCUT2D eigenvalue weighted by Gasteiger charge is 2.63. The molecule has 0 radical (unpaired) electrons. The number of allylic oxidation sites excluding steroid dienone is 1. The van der Waals surface area contributed by atoms with Crippen molar-refractivity contribution in [1.29, 1.82) is 0 Å². The second-order valence-electron chi connectivity index (χ2n) is 11.3. The molecule has 0 spiro atoms. The average Bonchev–Trinajstić information content (AvgIpc) is 2.86. The lowest BCUT2D eigenvalue weighted by Crippen LogP contribution is -2.53. The van der Waals surface area contributed by atoms with E-state index in [9.17, 15) is 19.5 Å². The number of ketones is 2. The number of esters is 1. The molecule has 0 amide bonds. The first-order valence-electron chi connectivity index (χ1n) is 11.1. The quantitative estimate of drug-likeness (QED) is 0.678. The van der Waals surface area contributed by atoms with Crippen molar-refractivity contribution in [2.24, 2.45) is 34.0 Å². The molecule has 29 heavy (non-hydrogen) atoms. The van der Waals surface area contributed by atoms with Gasteiger partial charge in [-0.25, -0.2) is 0 Å². The Kier molecular flexibility index (Phi) is 4.66. The van der Waals surface area contributed by atoms with Crippen LogP contribution in [0.3, 0.4) is 0 Å². The van der Waals surface area contributed by atoms with Gasteiger partial charge in [-0.1, -0.05) is 19.4 Å². The van der Waals surface area contributed by atoms with E-state index in [1.54, 1.807) is 6.08 Å². The predicted octanol–water partition coefficient (Wildman–Crippen LogP) is 3.63. The molecule has 0 aliphatic heterocycles. The molecule has 1 N–H and O–H groups in total. The van der Waals surface area contributed by atoms with Crippen LogP contribution in [0.2, 0.25) is 0 Å². The molecule has 0 aromatic heterocycles. The molecular formula is C24H34O5. The van der Waals surface area contributed by atoms with Crippen molar-refractivity contribution in [2.45, 2.75) is 85.4 Å². The minimum absolute atomic E-state index is 0.0673. The Balaban J connectivity index is 1.60. The van der Waals surface area contributed by atoms with Gasteiger partial charge in [-0.05, 0) is 76.2 Å². The lowest BCUT2D eigenvalue weighted by molar-refractivity contribution is -0.161. The van der Waals surface area contributed by atoms with Gasteiger partial charge in [0.15, 0.2) is 11.6 Å². The van der Waals surface area contributed by atoms with Crippen molar-refractivity contribution in [3.63, 3.8) is 0 Å². The zero-order valence-corrected chi connectivity index (χ0v) is 18.3. The third-order valence-corrected chi connectivity index (χ3v) is 8.52. The maximum absolute atomic E-state index is 13.2. The van der Waals surface area contributed by atoms with E-state index in [-0.39, 0.29) is 46.8 Å². The summed E-state index contributed by atoms with van der Waals surface area (Å²) in [7, 11) is 0. The summed E-state index contributed by atoms with van der Waals surface area (Å²) < 4.78 is 5.77. The van der Waals surface area contributed by atoms with E-state index >= 15 is 0 Å². The van der Waals surface area contributed by atoms with Crippen LogP contribution in [0, 0.1) is 34.0 Å². The first-order chi connectivity index (χ1) is 13.4. The Bertz CT molecular complexity index is 790. The van der Waals surface area contributed by atoms with Crippen LogP contribution < -0.4 is 0 Å². The second kappa shape index (κ2) is 6.50. The van der Waals surface area contributed by atoms with E-state index in [0.29, 0.717) is 12.8 Å². The standard InChI is InChI=1S/C24H34O5/c1-22(2,3)21(28)29-14-6-8-23(4)13(10-14)11-17(25)19-15(23)7-9-24(5)16(19)12-18(26)20(24)27/h11,14-16,18-19,26H,6-10,12H2,1-5H3/t14-,15?,16?,18+,19?,23-,24-/m0/s1. The Morgan fingerprint density at radius 3 is 2.41 bits per heavy atom. The van der Waals surface area contributed by atoms with Gasteiger partial charge in [0.25, 0.3) is 0 Å². The van der Waals surface area contributed by atoms with E-state index in [1.165, 1.54) is 0 Å². The molecule has 4 aliphatic rings. The molecule has 4 aliphatic carbocycles. The lowest BCUT2D eigenvalue weighted by atomic mass is 9.48. The molecule has 0 aromatic carbocycles. The second-order valence-corrected chi connectivity index (χ2v) is 11.3. The summed E-state index contributed by atoms with van der Waals surface area (Å²) in [6.07, 6.45) is 4.99. The smallest absolute Gasteiger partial charge is 0.311 e. The number of hydrogen-bond acceptors (Lipinski definition) is 5. The number of hydrogen-bond donors (Lipinski definition) is 1. The molecule has 0 bridgehead atoms. The molecule has 0 heterocycles. The molecule has 160 valence electrons. The van der Waals surface area contributed by atoms with Gasteiger partial charge in [0.1, 0.15) is 12.2 Å². The van der Waals surface area contributed by atoms with Crippen molar-refractivity contribution in [3.05, 3.63) is 11.6 Å². The summed E-state index contributed by atoms with van der Waals surface area (Å²) in [5.74, 6) is -0.224. The van der Waals surface area contributed by atoms with Gasteiger partial charge in [0.2, 0.25) is 0 Å². The molecular weight excluding hydrogens is 368 g/mol. The fourth-order valence-electron chi connectivity index (χ4n) is 6.60. The van der Waals surface area contributed by atoms with Crippen LogP contribution in [0.5, 0.6) is 0 Å². The monoisotopic (exact) mass is 402 g/mol. The molecule has 3 fully saturated rings. The van der Waals surface area contributed by atoms with Crippen LogP contribution in [0.4, 0.5) is 0 Å². The van der Waals surface area contributed by atoms with Crippen molar-refractivity contribution < 1.29 is 24.2 Å². The molecule has 7 atom stereocenters. The van der Waals surface area contributed by atoms with Crippen LogP contribution in [0.25, 0.3) is 0 Å². The number of aliphatic hydroxyl groups excluding tert-OH is 1. The fourth-order valence-corrected chi connectivity index (χ4v) is 6.60. The third kappa shape index (κ3) is 3.03. The highest BCUT2D eigenvalue weighted by atomic mass is 16.5. The van der Waals surface area contributed by atoms with Gasteiger partial charge in [0.05, 0.1) is 5.41 Å². The topological polar surface area (TPSA) is 80.7 Å². The largest absolute Gasteiger partial charge is 0.462 e. The van der Waals surface area contributed by atoms with Crippen LogP contribution >= 0.6 is 0 Å². The van der Waals surface area contributed by atoms with Gasteiger partial charge in [-0.3, -0.25) is 14.4 Å². The highest BCUT2D eigenvalue weighted by Crippen LogP contribution is 2.63. The normalized spacial score (nSPS) is 44.5. The molecule has 0 saturated heterocycles. The van der Waals surface area contributed by atoms with Crippen molar-refractivity contribution in [3.8, 4) is 0 Å². The highest BCUT2D eigenvalue weighted by molar-refractivity contribution is 5.97. The number of aliphatic hydroxyl groups is 1. The lowest BCUT2D eigenvalue weighted by Gasteiger charge is -2.55. The number of carbonyl (C=O) groups excluding carboxylic acids is 3. The van der Waals surface area contributed by atoms with E-state index in [4.69, 9.17) is 4.74 Å². The molecule has 5 heteroatoms. The van der Waals surface area contributed by atoms with Crippen molar-refractivity contribution in [1.82, 2.24) is 0 Å². The molecule has 0 aromatic rings. The summed E-state index contributed by atoms with van der Waals surface area (Å²) in [5, 5.41) is 10.2. The maximum Gasteiger partial charge on any atom is 0.311 e. The molecule has 5 nitrogen and oxygen atoms in total. The van der Waals surface area contributed by atoms with E-state index < -0.39 is 16.9 Å². The average molecular weight is 403 g/mol. The van der Waals surface area contributed by atoms with Crippen LogP contribution in [0.1, 0.15) is 73.1 Å². The molecule has 4 rings (SSSR count). The fraction of sp³-hybridized carbons (Fsp3) is 0.792. The van der Waals surface area contributed by atoms with Crippen LogP contribution in [-0.4, -0.2) is 34.9 Å². The van der Waals surface area contributed by atoms with Gasteiger partial charge in [-0.15, -0.1) is 0 Å².